The van der Waals surface area contributed by atoms with Crippen LogP contribution in [0.2, 0.25) is 0 Å². The molecule has 194 valence electrons. The fourth-order valence-corrected chi connectivity index (χ4v) is 6.99. The maximum absolute atomic E-state index is 16.0. The largest absolute Gasteiger partial charge is 0.462 e. The predicted octanol–water partition coefficient (Wildman–Crippen LogP) is 2.61. The standard InChI is InChI=1S/C20H29ClFN6O5PS/c1-10(2)31-19(29)11(3)26-34(35)30-8-20(7-21)15(33-34)13(22)18(32-20)28-9-23-14-16(27(5)6)24-12(4)25-17(14)28/h9-11,13,15,18H,7-8H2,1-6H3,(H,26,35)/t11-,13-,15-,18+,20+,34?/m0/s1. The van der Waals surface area contributed by atoms with Crippen molar-refractivity contribution >= 4 is 53.0 Å². The summed E-state index contributed by atoms with van der Waals surface area (Å²) in [5.41, 5.74) is -0.367. The van der Waals surface area contributed by atoms with Crippen molar-refractivity contribution < 1.29 is 27.7 Å². The van der Waals surface area contributed by atoms with E-state index in [4.69, 9.17) is 41.9 Å². The molecule has 0 aromatic carbocycles. The second-order valence-corrected chi connectivity index (χ2v) is 12.5. The van der Waals surface area contributed by atoms with Crippen molar-refractivity contribution in [1.82, 2.24) is 24.6 Å². The first kappa shape index (κ1) is 26.6. The lowest BCUT2D eigenvalue weighted by Crippen LogP contribution is -2.53. The Bertz CT molecular complexity index is 1170. The van der Waals surface area contributed by atoms with E-state index < -0.39 is 42.8 Å². The van der Waals surface area contributed by atoms with Gasteiger partial charge in [0.15, 0.2) is 29.4 Å². The minimum Gasteiger partial charge on any atom is -0.462 e. The van der Waals surface area contributed by atoms with E-state index in [9.17, 15) is 4.79 Å². The predicted molar refractivity (Wildman–Crippen MR) is 132 cm³/mol. The number of rotatable bonds is 7. The summed E-state index contributed by atoms with van der Waals surface area (Å²) < 4.78 is 40.7. The summed E-state index contributed by atoms with van der Waals surface area (Å²) in [5, 5.41) is 2.88. The van der Waals surface area contributed by atoms with E-state index in [0.29, 0.717) is 22.8 Å². The van der Waals surface area contributed by atoms with Crippen molar-refractivity contribution in [2.45, 2.75) is 63.9 Å². The second-order valence-electron chi connectivity index (χ2n) is 9.10. The summed E-state index contributed by atoms with van der Waals surface area (Å²) in [7, 11) is 3.68. The number of anilines is 1. The molecule has 0 spiro atoms. The highest BCUT2D eigenvalue weighted by Crippen LogP contribution is 2.58. The molecule has 4 rings (SSSR count). The lowest BCUT2D eigenvalue weighted by atomic mass is 9.99. The van der Waals surface area contributed by atoms with Crippen LogP contribution in [0.1, 0.15) is 32.8 Å². The molecular weight excluding hydrogens is 522 g/mol. The van der Waals surface area contributed by atoms with Crippen LogP contribution in [0.15, 0.2) is 6.33 Å². The van der Waals surface area contributed by atoms with E-state index in [2.05, 4.69) is 20.0 Å². The van der Waals surface area contributed by atoms with Gasteiger partial charge in [-0.3, -0.25) is 9.36 Å². The minimum absolute atomic E-state index is 0.0988. The zero-order valence-electron chi connectivity index (χ0n) is 20.3. The van der Waals surface area contributed by atoms with Gasteiger partial charge in [0.2, 0.25) is 0 Å². The van der Waals surface area contributed by atoms with Gasteiger partial charge in [-0.25, -0.2) is 24.4 Å². The summed E-state index contributed by atoms with van der Waals surface area (Å²) in [5.74, 6) is 0.492. The number of nitrogens with one attached hydrogen (secondary N) is 1. The van der Waals surface area contributed by atoms with Crippen molar-refractivity contribution in [3.8, 4) is 0 Å². The molecule has 2 aromatic heterocycles. The van der Waals surface area contributed by atoms with Crippen molar-refractivity contribution in [2.75, 3.05) is 31.5 Å². The fraction of sp³-hybridized carbons (Fsp3) is 0.700. The molecule has 35 heavy (non-hydrogen) atoms. The SMILES string of the molecule is Cc1nc(N(C)C)c2ncn([C@@H]3O[C@]4(CCl)COP(=S)(N[C@@H](C)C(=O)OC(C)C)O[C@H]4[C@@H]3F)c2n1. The molecule has 2 aliphatic rings. The molecular formula is C20H29ClFN6O5PS. The van der Waals surface area contributed by atoms with Gasteiger partial charge in [-0.2, -0.15) is 0 Å². The summed E-state index contributed by atoms with van der Waals surface area (Å²) in [6.07, 6.45) is -2.79. The van der Waals surface area contributed by atoms with E-state index in [1.807, 2.05) is 14.1 Å². The zero-order valence-corrected chi connectivity index (χ0v) is 22.7. The van der Waals surface area contributed by atoms with Crippen molar-refractivity contribution in [2.24, 2.45) is 0 Å². The molecule has 4 heterocycles. The van der Waals surface area contributed by atoms with Crippen LogP contribution >= 0.6 is 18.2 Å². The molecule has 11 nitrogen and oxygen atoms in total. The molecule has 1 N–H and O–H groups in total. The number of nitrogens with zero attached hydrogens (tertiary/aromatic N) is 5. The number of imidazole rings is 1. The molecule has 6 atom stereocenters. The van der Waals surface area contributed by atoms with Crippen LogP contribution in [0.5, 0.6) is 0 Å². The molecule has 0 saturated carbocycles. The van der Waals surface area contributed by atoms with Gasteiger partial charge in [0.25, 0.3) is 6.64 Å². The monoisotopic (exact) mass is 550 g/mol. The smallest absolute Gasteiger partial charge is 0.323 e. The second kappa shape index (κ2) is 9.77. The van der Waals surface area contributed by atoms with Gasteiger partial charge in [-0.05, 0) is 39.5 Å². The Hall–Kier alpha value is -1.47. The maximum atomic E-state index is 16.0. The molecule has 0 aliphatic carbocycles. The number of fused-ring (bicyclic) bond motifs is 2. The van der Waals surface area contributed by atoms with E-state index in [1.54, 1.807) is 32.6 Å². The Morgan fingerprint density at radius 1 is 1.46 bits per heavy atom. The van der Waals surface area contributed by atoms with Gasteiger partial charge in [-0.15, -0.1) is 11.6 Å². The lowest BCUT2D eigenvalue weighted by molar-refractivity contribution is -0.149. The van der Waals surface area contributed by atoms with Crippen LogP contribution in [0, 0.1) is 6.92 Å². The first-order chi connectivity index (χ1) is 16.4. The van der Waals surface area contributed by atoms with Gasteiger partial charge in [0.05, 0.1) is 24.9 Å². The summed E-state index contributed by atoms with van der Waals surface area (Å²) in [6, 6.07) is -0.815. The zero-order chi connectivity index (χ0) is 25.7. The maximum Gasteiger partial charge on any atom is 0.323 e. The molecule has 2 fully saturated rings. The topological polar surface area (TPSA) is 113 Å². The number of esters is 1. The van der Waals surface area contributed by atoms with Crippen molar-refractivity contribution in [3.63, 3.8) is 0 Å². The van der Waals surface area contributed by atoms with E-state index in [1.165, 1.54) is 10.9 Å². The Kier molecular flexibility index (Phi) is 7.42. The fourth-order valence-electron chi connectivity index (χ4n) is 4.01. The molecule has 2 aromatic rings. The Morgan fingerprint density at radius 2 is 2.17 bits per heavy atom. The molecule has 0 amide bonds. The highest BCUT2D eigenvalue weighted by Gasteiger charge is 2.62. The van der Waals surface area contributed by atoms with Crippen LogP contribution < -0.4 is 9.99 Å². The number of alkyl halides is 2. The number of ether oxygens (including phenoxy) is 2. The van der Waals surface area contributed by atoms with Crippen molar-refractivity contribution in [3.05, 3.63) is 12.2 Å². The van der Waals surface area contributed by atoms with Crippen LogP contribution in [0.3, 0.4) is 0 Å². The van der Waals surface area contributed by atoms with Gasteiger partial charge in [0, 0.05) is 14.1 Å². The number of hydrogen-bond acceptors (Lipinski definition) is 10. The molecule has 2 aliphatic heterocycles. The summed E-state index contributed by atoms with van der Waals surface area (Å²) >= 11 is 11.8. The number of aryl methyl sites for hydroxylation is 1. The number of carbonyl (C=O) groups excluding carboxylic acids is 1. The summed E-state index contributed by atoms with van der Waals surface area (Å²) in [4.78, 5) is 27.3. The minimum atomic E-state index is -3.26. The average molecular weight is 551 g/mol. The van der Waals surface area contributed by atoms with Gasteiger partial charge < -0.3 is 23.4 Å². The quantitative estimate of drug-likeness (QED) is 0.312. The molecule has 0 radical (unpaired) electrons. The van der Waals surface area contributed by atoms with Gasteiger partial charge >= 0.3 is 5.97 Å². The number of hydrogen-bond donors (Lipinski definition) is 1. The van der Waals surface area contributed by atoms with Crippen LogP contribution in [-0.4, -0.2) is 82.1 Å². The van der Waals surface area contributed by atoms with E-state index in [-0.39, 0.29) is 18.6 Å². The lowest BCUT2D eigenvalue weighted by Gasteiger charge is -2.41. The molecule has 15 heteroatoms. The first-order valence-corrected chi connectivity index (χ1v) is 14.2. The van der Waals surface area contributed by atoms with E-state index >= 15 is 4.39 Å². The van der Waals surface area contributed by atoms with Crippen LogP contribution in [0.4, 0.5) is 10.2 Å². The third-order valence-corrected chi connectivity index (χ3v) is 8.68. The number of halogens is 2. The Labute approximate surface area is 212 Å². The average Bonchev–Trinajstić information content (AvgIpc) is 3.31. The van der Waals surface area contributed by atoms with Gasteiger partial charge in [-0.1, -0.05) is 0 Å². The summed E-state index contributed by atoms with van der Waals surface area (Å²) in [6.45, 7) is 3.43. The van der Waals surface area contributed by atoms with Crippen LogP contribution in [0.25, 0.3) is 11.2 Å². The highest BCUT2D eigenvalue weighted by molar-refractivity contribution is 8.09. The van der Waals surface area contributed by atoms with Gasteiger partial charge in [0.1, 0.15) is 23.6 Å². The van der Waals surface area contributed by atoms with Crippen molar-refractivity contribution in [1.29, 1.82) is 0 Å². The number of carbonyl (C=O) groups is 1. The number of aromatic nitrogens is 4. The third-order valence-electron chi connectivity index (χ3n) is 5.66. The van der Waals surface area contributed by atoms with Crippen LogP contribution in [-0.2, 0) is 35.1 Å². The third kappa shape index (κ3) is 4.92. The first-order valence-electron chi connectivity index (χ1n) is 11.1. The molecule has 1 unspecified atom stereocenters. The highest BCUT2D eigenvalue weighted by atomic mass is 35.5. The Morgan fingerprint density at radius 3 is 2.80 bits per heavy atom. The normalized spacial score (nSPS) is 31.5. The molecule has 0 bridgehead atoms. The molecule has 2 saturated heterocycles. The van der Waals surface area contributed by atoms with E-state index in [0.717, 1.165) is 0 Å². The Balaban J connectivity index is 1.62.